The second kappa shape index (κ2) is 9.59. The lowest BCUT2D eigenvalue weighted by Crippen LogP contribution is -2.40. The maximum absolute atomic E-state index is 13.2. The third-order valence-electron chi connectivity index (χ3n) is 5.44. The van der Waals surface area contributed by atoms with Crippen molar-refractivity contribution in [1.82, 2.24) is 0 Å². The van der Waals surface area contributed by atoms with Gasteiger partial charge in [0.1, 0.15) is 11.7 Å². The van der Waals surface area contributed by atoms with Gasteiger partial charge in [-0.2, -0.15) is 0 Å². The first-order valence-electron chi connectivity index (χ1n) is 10.2. The summed E-state index contributed by atoms with van der Waals surface area (Å²) < 4.78 is 0. The number of aliphatic imine (C=N–C) groups is 1. The quantitative estimate of drug-likeness (QED) is 0.536. The highest BCUT2D eigenvalue weighted by Crippen LogP contribution is 2.33. The number of hydrogen-bond acceptors (Lipinski definition) is 3. The number of nitrogens with zero attached hydrogens (tertiary/aromatic N) is 1. The van der Waals surface area contributed by atoms with E-state index in [1.165, 1.54) is 5.56 Å². The minimum absolute atomic E-state index is 0.135. The molecule has 3 nitrogen and oxygen atoms in total. The number of para-hydroxylation sites is 1. The Labute approximate surface area is 182 Å². The zero-order valence-corrected chi connectivity index (χ0v) is 17.5. The van der Waals surface area contributed by atoms with E-state index in [1.54, 1.807) is 0 Å². The predicted octanol–water partition coefficient (Wildman–Crippen LogP) is 5.83. The van der Waals surface area contributed by atoms with Crippen LogP contribution < -0.4 is 5.32 Å². The Kier molecular flexibility index (Phi) is 6.45. The molecule has 0 heterocycles. The average Bonchev–Trinajstić information content (AvgIpc) is 2.79. The topological polar surface area (TPSA) is 41.5 Å². The molecule has 1 aliphatic carbocycles. The maximum atomic E-state index is 13.2. The van der Waals surface area contributed by atoms with Gasteiger partial charge in [0, 0.05) is 17.8 Å². The van der Waals surface area contributed by atoms with Crippen molar-refractivity contribution in [2.45, 2.75) is 25.3 Å². The molecule has 0 radical (unpaired) electrons. The standard InChI is InChI=1S/C26H24N2OS/c29-24-17-21(20-12-6-2-7-13-20)16-23(27-18-19-10-4-1-5-11-19)25(24)26(30)28-22-14-8-3-9-15-22/h1-15,21,25H,16-18H2,(H,28,30)/t21-,25?/m1/s1. The highest BCUT2D eigenvalue weighted by molar-refractivity contribution is 7.80. The molecule has 1 unspecified atom stereocenters. The molecule has 4 heteroatoms. The third kappa shape index (κ3) is 4.89. The Morgan fingerprint density at radius 2 is 1.47 bits per heavy atom. The molecule has 150 valence electrons. The summed E-state index contributed by atoms with van der Waals surface area (Å²) in [6.45, 7) is 0.551. The molecule has 3 aromatic rings. The lowest BCUT2D eigenvalue weighted by Gasteiger charge is -2.30. The number of ketones is 1. The number of Topliss-reactive ketones (excluding diaryl/α,β-unsaturated/α-hetero) is 1. The van der Waals surface area contributed by atoms with Gasteiger partial charge in [0.05, 0.1) is 11.5 Å². The highest BCUT2D eigenvalue weighted by atomic mass is 32.1. The minimum atomic E-state index is -0.469. The van der Waals surface area contributed by atoms with E-state index in [0.29, 0.717) is 18.0 Å². The van der Waals surface area contributed by atoms with Gasteiger partial charge in [0.2, 0.25) is 0 Å². The Bertz CT molecular complexity index is 1030. The largest absolute Gasteiger partial charge is 0.349 e. The molecule has 30 heavy (non-hydrogen) atoms. The first kappa shape index (κ1) is 20.2. The van der Waals surface area contributed by atoms with Crippen molar-refractivity contribution in [3.05, 3.63) is 102 Å². The van der Waals surface area contributed by atoms with E-state index in [9.17, 15) is 4.79 Å². The summed E-state index contributed by atoms with van der Waals surface area (Å²) in [4.78, 5) is 18.6. The van der Waals surface area contributed by atoms with Gasteiger partial charge in [-0.05, 0) is 35.6 Å². The van der Waals surface area contributed by atoms with Crippen LogP contribution >= 0.6 is 12.2 Å². The molecule has 1 saturated carbocycles. The van der Waals surface area contributed by atoms with Crippen molar-refractivity contribution in [1.29, 1.82) is 0 Å². The average molecular weight is 413 g/mol. The van der Waals surface area contributed by atoms with E-state index >= 15 is 0 Å². The van der Waals surface area contributed by atoms with Crippen molar-refractivity contribution in [3.63, 3.8) is 0 Å². The van der Waals surface area contributed by atoms with Crippen LogP contribution in [0.2, 0.25) is 0 Å². The van der Waals surface area contributed by atoms with Gasteiger partial charge in [-0.25, -0.2) is 0 Å². The van der Waals surface area contributed by atoms with Crippen molar-refractivity contribution in [2.24, 2.45) is 10.9 Å². The number of thiocarbonyl (C=S) groups is 1. The zero-order valence-electron chi connectivity index (χ0n) is 16.7. The van der Waals surface area contributed by atoms with Crippen LogP contribution in [0.15, 0.2) is 96.0 Å². The number of benzene rings is 3. The van der Waals surface area contributed by atoms with Gasteiger partial charge in [-0.15, -0.1) is 0 Å². The molecule has 1 N–H and O–H groups in total. The van der Waals surface area contributed by atoms with Crippen LogP contribution in [0.4, 0.5) is 5.69 Å². The van der Waals surface area contributed by atoms with Crippen LogP contribution in [0.25, 0.3) is 0 Å². The minimum Gasteiger partial charge on any atom is -0.349 e. The summed E-state index contributed by atoms with van der Waals surface area (Å²) in [7, 11) is 0. The van der Waals surface area contributed by atoms with E-state index < -0.39 is 5.92 Å². The molecule has 0 amide bonds. The summed E-state index contributed by atoms with van der Waals surface area (Å²) in [5.41, 5.74) is 4.07. The van der Waals surface area contributed by atoms with E-state index in [-0.39, 0.29) is 11.7 Å². The maximum Gasteiger partial charge on any atom is 0.148 e. The fourth-order valence-corrected chi connectivity index (χ4v) is 4.30. The highest BCUT2D eigenvalue weighted by Gasteiger charge is 2.37. The first-order valence-corrected chi connectivity index (χ1v) is 10.6. The van der Waals surface area contributed by atoms with Crippen molar-refractivity contribution in [2.75, 3.05) is 5.32 Å². The summed E-state index contributed by atoms with van der Waals surface area (Å²) in [6.07, 6.45) is 1.22. The molecule has 0 aromatic heterocycles. The van der Waals surface area contributed by atoms with Crippen molar-refractivity contribution < 1.29 is 4.79 Å². The SMILES string of the molecule is O=C1C[C@H](c2ccccc2)CC(=NCc2ccccc2)C1C(=S)Nc1ccccc1. The van der Waals surface area contributed by atoms with Gasteiger partial charge in [-0.1, -0.05) is 91.1 Å². The molecule has 0 saturated heterocycles. The Hall–Kier alpha value is -3.11. The smallest absolute Gasteiger partial charge is 0.148 e. The van der Waals surface area contributed by atoms with Crippen LogP contribution in [0.1, 0.15) is 29.9 Å². The molecular weight excluding hydrogens is 388 g/mol. The molecule has 4 rings (SSSR count). The van der Waals surface area contributed by atoms with E-state index in [1.807, 2.05) is 66.7 Å². The van der Waals surface area contributed by atoms with Crippen molar-refractivity contribution in [3.8, 4) is 0 Å². The molecule has 1 fully saturated rings. The van der Waals surface area contributed by atoms with Crippen LogP contribution in [-0.4, -0.2) is 16.5 Å². The van der Waals surface area contributed by atoms with Crippen LogP contribution in [0, 0.1) is 5.92 Å². The van der Waals surface area contributed by atoms with Gasteiger partial charge >= 0.3 is 0 Å². The Morgan fingerprint density at radius 3 is 2.13 bits per heavy atom. The van der Waals surface area contributed by atoms with Gasteiger partial charge < -0.3 is 5.32 Å². The molecule has 0 aliphatic heterocycles. The van der Waals surface area contributed by atoms with Crippen LogP contribution in [0.3, 0.4) is 0 Å². The molecule has 0 bridgehead atoms. The summed E-state index contributed by atoms with van der Waals surface area (Å²) in [6, 6.07) is 30.1. The fraction of sp³-hybridized carbons (Fsp3) is 0.192. The normalized spacial score (nSPS) is 20.1. The lowest BCUT2D eigenvalue weighted by atomic mass is 9.76. The monoisotopic (exact) mass is 412 g/mol. The Morgan fingerprint density at radius 1 is 0.867 bits per heavy atom. The lowest BCUT2D eigenvalue weighted by molar-refractivity contribution is -0.120. The number of rotatable bonds is 5. The number of carbonyl (C=O) groups excluding carboxylic acids is 1. The second-order valence-electron chi connectivity index (χ2n) is 7.56. The Balaban J connectivity index is 1.61. The van der Waals surface area contributed by atoms with Gasteiger partial charge in [0.25, 0.3) is 0 Å². The van der Waals surface area contributed by atoms with Crippen LogP contribution in [0.5, 0.6) is 0 Å². The fourth-order valence-electron chi connectivity index (χ4n) is 3.92. The molecule has 2 atom stereocenters. The molecule has 1 aliphatic rings. The first-order chi connectivity index (χ1) is 14.7. The van der Waals surface area contributed by atoms with Gasteiger partial charge in [-0.3, -0.25) is 9.79 Å². The summed E-state index contributed by atoms with van der Waals surface area (Å²) in [5.74, 6) is -0.191. The third-order valence-corrected chi connectivity index (χ3v) is 5.78. The molecule has 3 aromatic carbocycles. The zero-order chi connectivity index (χ0) is 20.8. The van der Waals surface area contributed by atoms with Crippen LogP contribution in [-0.2, 0) is 11.3 Å². The van der Waals surface area contributed by atoms with Gasteiger partial charge in [0.15, 0.2) is 0 Å². The second-order valence-corrected chi connectivity index (χ2v) is 8.00. The number of nitrogens with one attached hydrogen (secondary N) is 1. The predicted molar refractivity (Wildman–Crippen MR) is 127 cm³/mol. The number of carbonyl (C=O) groups is 1. The molecular formula is C26H24N2OS. The van der Waals surface area contributed by atoms with E-state index in [0.717, 1.165) is 23.4 Å². The number of hydrogen-bond donors (Lipinski definition) is 1. The summed E-state index contributed by atoms with van der Waals surface area (Å²) >= 11 is 5.68. The van der Waals surface area contributed by atoms with Crippen molar-refractivity contribution >= 4 is 34.4 Å². The summed E-state index contributed by atoms with van der Waals surface area (Å²) in [5, 5.41) is 3.25. The molecule has 0 spiro atoms. The number of anilines is 1. The van der Waals surface area contributed by atoms with E-state index in [2.05, 4.69) is 29.6 Å². The van der Waals surface area contributed by atoms with E-state index in [4.69, 9.17) is 17.2 Å².